The van der Waals surface area contributed by atoms with Crippen LogP contribution in [0, 0.1) is 13.8 Å². The number of ketones is 1. The minimum atomic E-state index is -0.526. The SMILES string of the molecule is CCc1ccc(C(=O)C2CC(=O)Nc3c2c(C)nn3-c2ccc(C)c(Cl)c2)s1. The van der Waals surface area contributed by atoms with E-state index in [2.05, 4.69) is 17.3 Å². The average molecular weight is 414 g/mol. The first-order valence-corrected chi connectivity index (χ1v) is 10.4. The Labute approximate surface area is 172 Å². The van der Waals surface area contributed by atoms with Crippen molar-refractivity contribution in [3.8, 4) is 5.69 Å². The highest BCUT2D eigenvalue weighted by atomic mass is 35.5. The number of aryl methyl sites for hydroxylation is 3. The normalized spacial score (nSPS) is 16.0. The maximum Gasteiger partial charge on any atom is 0.226 e. The number of nitrogens with zero attached hydrogens (tertiary/aromatic N) is 2. The van der Waals surface area contributed by atoms with E-state index in [9.17, 15) is 9.59 Å². The van der Waals surface area contributed by atoms with E-state index in [0.29, 0.717) is 15.7 Å². The summed E-state index contributed by atoms with van der Waals surface area (Å²) in [5.41, 5.74) is 3.23. The Morgan fingerprint density at radius 2 is 2.11 bits per heavy atom. The third-order valence-electron chi connectivity index (χ3n) is 5.07. The third kappa shape index (κ3) is 3.16. The van der Waals surface area contributed by atoms with Gasteiger partial charge in [0.15, 0.2) is 5.78 Å². The number of rotatable bonds is 4. The molecule has 1 unspecified atom stereocenters. The van der Waals surface area contributed by atoms with Gasteiger partial charge in [-0.15, -0.1) is 11.3 Å². The van der Waals surface area contributed by atoms with Crippen LogP contribution in [0.25, 0.3) is 5.69 Å². The number of thiophene rings is 1. The highest BCUT2D eigenvalue weighted by Gasteiger charge is 2.36. The van der Waals surface area contributed by atoms with Crippen LogP contribution in [0.4, 0.5) is 5.82 Å². The summed E-state index contributed by atoms with van der Waals surface area (Å²) in [6.07, 6.45) is 1.02. The molecule has 0 aliphatic carbocycles. The predicted octanol–water partition coefficient (Wildman–Crippen LogP) is 5.08. The largest absolute Gasteiger partial charge is 0.310 e. The molecule has 3 heterocycles. The van der Waals surface area contributed by atoms with Gasteiger partial charge in [0, 0.05) is 21.9 Å². The molecule has 144 valence electrons. The van der Waals surface area contributed by atoms with Crippen LogP contribution in [0.15, 0.2) is 30.3 Å². The van der Waals surface area contributed by atoms with Crippen LogP contribution in [0.2, 0.25) is 5.02 Å². The molecule has 1 aromatic carbocycles. The minimum absolute atomic E-state index is 0.0228. The second-order valence-corrected chi connectivity index (χ2v) is 8.56. The number of nitrogens with one attached hydrogen (secondary N) is 1. The summed E-state index contributed by atoms with van der Waals surface area (Å²) in [6, 6.07) is 9.46. The number of carbonyl (C=O) groups excluding carboxylic acids is 2. The molecular formula is C21H20ClN3O2S. The van der Waals surface area contributed by atoms with Crippen LogP contribution in [0.3, 0.4) is 0 Å². The summed E-state index contributed by atoms with van der Waals surface area (Å²) in [4.78, 5) is 27.5. The average Bonchev–Trinajstić information content (AvgIpc) is 3.28. The van der Waals surface area contributed by atoms with E-state index in [1.807, 2.05) is 44.2 Å². The first-order valence-electron chi connectivity index (χ1n) is 9.17. The molecule has 1 amide bonds. The Kier molecular flexibility index (Phi) is 4.85. The first kappa shape index (κ1) is 18.9. The zero-order valence-electron chi connectivity index (χ0n) is 15.9. The number of hydrogen-bond donors (Lipinski definition) is 1. The van der Waals surface area contributed by atoms with Crippen molar-refractivity contribution >= 4 is 40.4 Å². The van der Waals surface area contributed by atoms with Crippen LogP contribution in [0.5, 0.6) is 0 Å². The molecule has 1 atom stereocenters. The molecule has 4 rings (SSSR count). The Morgan fingerprint density at radius 1 is 1.32 bits per heavy atom. The molecule has 1 aliphatic rings. The molecule has 0 radical (unpaired) electrons. The highest BCUT2D eigenvalue weighted by Crippen LogP contribution is 2.39. The Hall–Kier alpha value is -2.44. The van der Waals surface area contributed by atoms with Gasteiger partial charge in [0.05, 0.1) is 22.2 Å². The fourth-order valence-corrected chi connectivity index (χ4v) is 4.66. The molecule has 0 fully saturated rings. The number of anilines is 1. The molecule has 28 heavy (non-hydrogen) atoms. The van der Waals surface area contributed by atoms with Crippen molar-refractivity contribution < 1.29 is 9.59 Å². The van der Waals surface area contributed by atoms with Gasteiger partial charge in [-0.05, 0) is 50.1 Å². The van der Waals surface area contributed by atoms with Crippen molar-refractivity contribution in [3.05, 3.63) is 61.9 Å². The van der Waals surface area contributed by atoms with Gasteiger partial charge < -0.3 is 5.32 Å². The van der Waals surface area contributed by atoms with Crippen molar-refractivity contribution in [3.63, 3.8) is 0 Å². The number of amides is 1. The summed E-state index contributed by atoms with van der Waals surface area (Å²) >= 11 is 7.77. The molecule has 0 bridgehead atoms. The molecule has 0 saturated heterocycles. The van der Waals surface area contributed by atoms with E-state index < -0.39 is 5.92 Å². The second kappa shape index (κ2) is 7.18. The lowest BCUT2D eigenvalue weighted by Crippen LogP contribution is -2.28. The first-order chi connectivity index (χ1) is 13.4. The molecular weight excluding hydrogens is 394 g/mol. The van der Waals surface area contributed by atoms with Crippen molar-refractivity contribution in [2.24, 2.45) is 0 Å². The van der Waals surface area contributed by atoms with Gasteiger partial charge in [-0.25, -0.2) is 4.68 Å². The van der Waals surface area contributed by atoms with Gasteiger partial charge in [0.1, 0.15) is 5.82 Å². The minimum Gasteiger partial charge on any atom is -0.310 e. The van der Waals surface area contributed by atoms with Crippen LogP contribution >= 0.6 is 22.9 Å². The fourth-order valence-electron chi connectivity index (χ4n) is 3.54. The van der Waals surface area contributed by atoms with E-state index in [4.69, 9.17) is 11.6 Å². The Balaban J connectivity index is 1.80. The highest BCUT2D eigenvalue weighted by molar-refractivity contribution is 7.14. The van der Waals surface area contributed by atoms with Crippen LogP contribution in [-0.2, 0) is 11.2 Å². The van der Waals surface area contributed by atoms with E-state index >= 15 is 0 Å². The van der Waals surface area contributed by atoms with Crippen LogP contribution in [0.1, 0.15) is 50.6 Å². The molecule has 1 aliphatic heterocycles. The second-order valence-electron chi connectivity index (χ2n) is 6.98. The lowest BCUT2D eigenvalue weighted by Gasteiger charge is -2.22. The van der Waals surface area contributed by atoms with Gasteiger partial charge in [-0.1, -0.05) is 24.6 Å². The maximum absolute atomic E-state index is 13.2. The topological polar surface area (TPSA) is 64.0 Å². The number of carbonyl (C=O) groups is 2. The van der Waals surface area contributed by atoms with E-state index in [-0.39, 0.29) is 18.1 Å². The lowest BCUT2D eigenvalue weighted by atomic mass is 9.87. The molecule has 5 nitrogen and oxygen atoms in total. The zero-order chi connectivity index (χ0) is 20.0. The van der Waals surface area contributed by atoms with Crippen molar-refractivity contribution in [1.82, 2.24) is 9.78 Å². The summed E-state index contributed by atoms with van der Waals surface area (Å²) < 4.78 is 1.67. The van der Waals surface area contributed by atoms with Gasteiger partial charge in [-0.3, -0.25) is 9.59 Å². The van der Waals surface area contributed by atoms with Gasteiger partial charge in [0.25, 0.3) is 0 Å². The number of aromatic nitrogens is 2. The van der Waals surface area contributed by atoms with Gasteiger partial charge >= 0.3 is 0 Å². The van der Waals surface area contributed by atoms with Crippen molar-refractivity contribution in [2.45, 2.75) is 39.5 Å². The number of hydrogen-bond acceptors (Lipinski definition) is 4. The fraction of sp³-hybridized carbons (Fsp3) is 0.286. The summed E-state index contributed by atoms with van der Waals surface area (Å²) in [5, 5.41) is 8.14. The standard InChI is InChI=1S/C21H20ClN3O2S/c1-4-14-7-8-17(28-14)20(27)15-10-18(26)23-21-19(15)12(3)24-25(21)13-6-5-11(2)16(22)9-13/h5-9,15H,4,10H2,1-3H3,(H,23,26). The number of Topliss-reactive ketones (excluding diaryl/α,β-unsaturated/α-hetero) is 1. The van der Waals surface area contributed by atoms with Crippen molar-refractivity contribution in [2.75, 3.05) is 5.32 Å². The zero-order valence-corrected chi connectivity index (χ0v) is 17.4. The lowest BCUT2D eigenvalue weighted by molar-refractivity contribution is -0.116. The Morgan fingerprint density at radius 3 is 2.79 bits per heavy atom. The van der Waals surface area contributed by atoms with Gasteiger partial charge in [-0.2, -0.15) is 5.10 Å². The van der Waals surface area contributed by atoms with Crippen molar-refractivity contribution in [1.29, 1.82) is 0 Å². The molecule has 7 heteroatoms. The molecule has 3 aromatic rings. The van der Waals surface area contributed by atoms with Gasteiger partial charge in [0.2, 0.25) is 5.91 Å². The third-order valence-corrected chi connectivity index (χ3v) is 6.72. The molecule has 0 saturated carbocycles. The maximum atomic E-state index is 13.2. The smallest absolute Gasteiger partial charge is 0.226 e. The van der Waals surface area contributed by atoms with Crippen LogP contribution in [-0.4, -0.2) is 21.5 Å². The van der Waals surface area contributed by atoms with E-state index in [0.717, 1.165) is 33.8 Å². The van der Waals surface area contributed by atoms with E-state index in [1.165, 1.54) is 11.3 Å². The van der Waals surface area contributed by atoms with E-state index in [1.54, 1.807) is 4.68 Å². The summed E-state index contributed by atoms with van der Waals surface area (Å²) in [7, 11) is 0. The number of benzene rings is 1. The quantitative estimate of drug-likeness (QED) is 0.607. The van der Waals surface area contributed by atoms with Crippen LogP contribution < -0.4 is 5.32 Å². The number of fused-ring (bicyclic) bond motifs is 1. The summed E-state index contributed by atoms with van der Waals surface area (Å²) in [6.45, 7) is 5.86. The predicted molar refractivity (Wildman–Crippen MR) is 112 cm³/mol. The Bertz CT molecular complexity index is 1100. The number of halogens is 1. The monoisotopic (exact) mass is 413 g/mol. The molecule has 0 spiro atoms. The summed E-state index contributed by atoms with van der Waals surface area (Å²) in [5.74, 6) is -0.177. The molecule has 2 aromatic heterocycles. The molecule has 1 N–H and O–H groups in total.